The summed E-state index contributed by atoms with van der Waals surface area (Å²) >= 11 is 5.44. The maximum Gasteiger partial charge on any atom is 0.145 e. The van der Waals surface area contributed by atoms with E-state index in [9.17, 15) is 8.78 Å². The van der Waals surface area contributed by atoms with E-state index in [0.717, 1.165) is 32.1 Å². The summed E-state index contributed by atoms with van der Waals surface area (Å²) in [5.74, 6) is -1.46. The normalized spacial score (nSPS) is 19.8. The van der Waals surface area contributed by atoms with Gasteiger partial charge in [0, 0.05) is 5.54 Å². The fraction of sp³-hybridized carbons (Fsp3) is 0.500. The predicted octanol–water partition coefficient (Wildman–Crippen LogP) is 3.74. The number of benzene rings is 1. The van der Waals surface area contributed by atoms with E-state index in [4.69, 9.17) is 17.3 Å². The Morgan fingerprint density at radius 2 is 1.56 bits per heavy atom. The SMILES string of the molecule is NC1(c2cc(F)c(Cl)c(F)c2)CCCCC1. The Labute approximate surface area is 98.6 Å². The van der Waals surface area contributed by atoms with Crippen LogP contribution in [-0.4, -0.2) is 0 Å². The Balaban J connectivity index is 2.39. The summed E-state index contributed by atoms with van der Waals surface area (Å²) in [5.41, 5.74) is 6.12. The van der Waals surface area contributed by atoms with Crippen LogP contribution in [-0.2, 0) is 5.54 Å². The van der Waals surface area contributed by atoms with Gasteiger partial charge < -0.3 is 5.73 Å². The minimum absolute atomic E-state index is 0.455. The molecule has 0 heterocycles. The highest BCUT2D eigenvalue weighted by Crippen LogP contribution is 2.36. The molecule has 0 saturated heterocycles. The lowest BCUT2D eigenvalue weighted by molar-refractivity contribution is 0.300. The van der Waals surface area contributed by atoms with Gasteiger partial charge in [0.2, 0.25) is 0 Å². The van der Waals surface area contributed by atoms with Crippen LogP contribution in [0.15, 0.2) is 12.1 Å². The van der Waals surface area contributed by atoms with E-state index in [2.05, 4.69) is 0 Å². The zero-order valence-corrected chi connectivity index (χ0v) is 9.66. The second-order valence-corrected chi connectivity index (χ2v) is 4.85. The van der Waals surface area contributed by atoms with E-state index in [-0.39, 0.29) is 0 Å². The van der Waals surface area contributed by atoms with Crippen LogP contribution in [0.2, 0.25) is 5.02 Å². The van der Waals surface area contributed by atoms with E-state index in [0.29, 0.717) is 5.56 Å². The quantitative estimate of drug-likeness (QED) is 0.750. The molecule has 0 bridgehead atoms. The number of hydrogen-bond acceptors (Lipinski definition) is 1. The van der Waals surface area contributed by atoms with Crippen LogP contribution in [0.1, 0.15) is 37.7 Å². The summed E-state index contributed by atoms with van der Waals surface area (Å²) in [5, 5.41) is -0.455. The molecule has 2 rings (SSSR count). The molecule has 2 N–H and O–H groups in total. The van der Waals surface area contributed by atoms with Gasteiger partial charge in [-0.25, -0.2) is 8.78 Å². The highest BCUT2D eigenvalue weighted by atomic mass is 35.5. The Hall–Kier alpha value is -0.670. The zero-order valence-electron chi connectivity index (χ0n) is 8.90. The van der Waals surface area contributed by atoms with Crippen molar-refractivity contribution in [2.45, 2.75) is 37.6 Å². The van der Waals surface area contributed by atoms with Crippen LogP contribution < -0.4 is 5.73 Å². The maximum atomic E-state index is 13.3. The van der Waals surface area contributed by atoms with Gasteiger partial charge in [-0.1, -0.05) is 30.9 Å². The monoisotopic (exact) mass is 245 g/mol. The highest BCUT2D eigenvalue weighted by Gasteiger charge is 2.30. The third kappa shape index (κ3) is 2.06. The topological polar surface area (TPSA) is 26.0 Å². The van der Waals surface area contributed by atoms with Gasteiger partial charge in [0.25, 0.3) is 0 Å². The second kappa shape index (κ2) is 4.30. The Morgan fingerprint density at radius 3 is 2.06 bits per heavy atom. The molecule has 16 heavy (non-hydrogen) atoms. The van der Waals surface area contributed by atoms with Crippen molar-refractivity contribution in [3.05, 3.63) is 34.4 Å². The fourth-order valence-corrected chi connectivity index (χ4v) is 2.42. The van der Waals surface area contributed by atoms with Crippen molar-refractivity contribution in [3.8, 4) is 0 Å². The van der Waals surface area contributed by atoms with Crippen LogP contribution in [0.5, 0.6) is 0 Å². The van der Waals surface area contributed by atoms with Crippen molar-refractivity contribution in [2.24, 2.45) is 5.73 Å². The number of rotatable bonds is 1. The van der Waals surface area contributed by atoms with Gasteiger partial charge in [-0.2, -0.15) is 0 Å². The van der Waals surface area contributed by atoms with Crippen molar-refractivity contribution in [1.29, 1.82) is 0 Å². The van der Waals surface area contributed by atoms with Gasteiger partial charge in [0.1, 0.15) is 16.7 Å². The van der Waals surface area contributed by atoms with Gasteiger partial charge in [-0.15, -0.1) is 0 Å². The largest absolute Gasteiger partial charge is 0.321 e. The second-order valence-electron chi connectivity index (χ2n) is 4.47. The first kappa shape index (κ1) is 11.8. The van der Waals surface area contributed by atoms with Crippen molar-refractivity contribution in [1.82, 2.24) is 0 Å². The molecule has 0 atom stereocenters. The molecule has 0 spiro atoms. The van der Waals surface area contributed by atoms with Gasteiger partial charge in [0.15, 0.2) is 0 Å². The summed E-state index contributed by atoms with van der Waals surface area (Å²) in [6, 6.07) is 2.52. The maximum absolute atomic E-state index is 13.3. The zero-order chi connectivity index (χ0) is 11.8. The average molecular weight is 246 g/mol. The third-order valence-corrected chi connectivity index (χ3v) is 3.67. The molecule has 1 aromatic rings. The van der Waals surface area contributed by atoms with Crippen LogP contribution in [0.4, 0.5) is 8.78 Å². The number of hydrogen-bond donors (Lipinski definition) is 1. The van der Waals surface area contributed by atoms with Crippen molar-refractivity contribution >= 4 is 11.6 Å². The highest BCUT2D eigenvalue weighted by molar-refractivity contribution is 6.30. The number of halogens is 3. The minimum atomic E-state index is -0.730. The van der Waals surface area contributed by atoms with E-state index < -0.39 is 22.2 Å². The van der Waals surface area contributed by atoms with Crippen LogP contribution in [0.25, 0.3) is 0 Å². The minimum Gasteiger partial charge on any atom is -0.321 e. The summed E-state index contributed by atoms with van der Waals surface area (Å²) < 4.78 is 26.7. The molecule has 0 aliphatic heterocycles. The Kier molecular flexibility index (Phi) is 3.17. The average Bonchev–Trinajstić information content (AvgIpc) is 2.26. The van der Waals surface area contributed by atoms with E-state index >= 15 is 0 Å². The molecule has 0 unspecified atom stereocenters. The van der Waals surface area contributed by atoms with Gasteiger partial charge >= 0.3 is 0 Å². The van der Waals surface area contributed by atoms with Crippen molar-refractivity contribution in [2.75, 3.05) is 0 Å². The predicted molar refractivity (Wildman–Crippen MR) is 60.3 cm³/mol. The summed E-state index contributed by atoms with van der Waals surface area (Å²) in [4.78, 5) is 0. The van der Waals surface area contributed by atoms with E-state index in [1.54, 1.807) is 0 Å². The summed E-state index contributed by atoms with van der Waals surface area (Å²) in [7, 11) is 0. The molecule has 0 aromatic heterocycles. The number of nitrogens with two attached hydrogens (primary N) is 1. The lowest BCUT2D eigenvalue weighted by Gasteiger charge is -2.34. The molecule has 88 valence electrons. The molecule has 0 amide bonds. The summed E-state index contributed by atoms with van der Waals surface area (Å²) in [6.07, 6.45) is 4.68. The fourth-order valence-electron chi connectivity index (χ4n) is 2.31. The van der Waals surface area contributed by atoms with E-state index in [1.807, 2.05) is 0 Å². The first-order valence-corrected chi connectivity index (χ1v) is 5.85. The molecule has 1 saturated carbocycles. The van der Waals surface area contributed by atoms with Gasteiger partial charge in [0.05, 0.1) is 0 Å². The Bertz CT molecular complexity index is 377. The van der Waals surface area contributed by atoms with Gasteiger partial charge in [-0.3, -0.25) is 0 Å². The molecule has 1 aliphatic rings. The molecule has 4 heteroatoms. The molecular weight excluding hydrogens is 232 g/mol. The van der Waals surface area contributed by atoms with E-state index in [1.165, 1.54) is 12.1 Å². The molecule has 1 aliphatic carbocycles. The van der Waals surface area contributed by atoms with Crippen LogP contribution >= 0.6 is 11.6 Å². The standard InChI is InChI=1S/C12H14ClF2N/c13-11-9(14)6-8(7-10(11)15)12(16)4-2-1-3-5-12/h6-7H,1-5,16H2. The van der Waals surface area contributed by atoms with Crippen molar-refractivity contribution in [3.63, 3.8) is 0 Å². The molecule has 0 radical (unpaired) electrons. The first-order valence-electron chi connectivity index (χ1n) is 5.47. The molecular formula is C12H14ClF2N. The summed E-state index contributed by atoms with van der Waals surface area (Å²) in [6.45, 7) is 0. The third-order valence-electron chi connectivity index (χ3n) is 3.30. The lowest BCUT2D eigenvalue weighted by atomic mass is 9.77. The Morgan fingerprint density at radius 1 is 1.06 bits per heavy atom. The molecule has 1 nitrogen and oxygen atoms in total. The molecule has 1 fully saturated rings. The van der Waals surface area contributed by atoms with Crippen LogP contribution in [0, 0.1) is 11.6 Å². The van der Waals surface area contributed by atoms with Crippen molar-refractivity contribution < 1.29 is 8.78 Å². The lowest BCUT2D eigenvalue weighted by Crippen LogP contribution is -2.38. The first-order chi connectivity index (χ1) is 7.53. The molecule has 1 aromatic carbocycles. The van der Waals surface area contributed by atoms with Crippen LogP contribution in [0.3, 0.4) is 0 Å². The smallest absolute Gasteiger partial charge is 0.145 e. The van der Waals surface area contributed by atoms with Gasteiger partial charge in [-0.05, 0) is 30.5 Å².